The molecule has 1 unspecified atom stereocenters. The minimum absolute atomic E-state index is 0.0196. The normalized spacial score (nSPS) is 17.9. The van der Waals surface area contributed by atoms with Crippen LogP contribution in [0.3, 0.4) is 0 Å². The van der Waals surface area contributed by atoms with Crippen molar-refractivity contribution in [3.63, 3.8) is 0 Å². The van der Waals surface area contributed by atoms with Crippen molar-refractivity contribution in [2.45, 2.75) is 38.8 Å². The third-order valence-electron chi connectivity index (χ3n) is 4.05. The van der Waals surface area contributed by atoms with Crippen LogP contribution in [0, 0.1) is 6.92 Å². The van der Waals surface area contributed by atoms with Gasteiger partial charge in [0, 0.05) is 32.0 Å². The summed E-state index contributed by atoms with van der Waals surface area (Å²) in [5.41, 5.74) is 1.25. The Morgan fingerprint density at radius 3 is 3.17 bits per heavy atom. The maximum absolute atomic E-state index is 5.57. The van der Waals surface area contributed by atoms with Gasteiger partial charge < -0.3 is 13.8 Å². The molecular weight excluding hydrogens is 312 g/mol. The van der Waals surface area contributed by atoms with E-state index in [0.29, 0.717) is 12.3 Å². The Morgan fingerprint density at radius 2 is 2.39 bits per heavy atom. The number of imidazole rings is 1. The lowest BCUT2D eigenvalue weighted by Crippen LogP contribution is -2.04. The van der Waals surface area contributed by atoms with Gasteiger partial charge in [-0.2, -0.15) is 4.98 Å². The Hall–Kier alpha value is -1.99. The molecule has 0 bridgehead atoms. The first-order valence-electron chi connectivity index (χ1n) is 7.81. The Bertz CT molecular complexity index is 785. The lowest BCUT2D eigenvalue weighted by atomic mass is 10.2. The molecule has 0 aromatic carbocycles. The fraction of sp³-hybridized carbons (Fsp3) is 0.438. The maximum Gasteiger partial charge on any atom is 0.255 e. The van der Waals surface area contributed by atoms with E-state index in [-0.39, 0.29) is 6.10 Å². The van der Waals surface area contributed by atoms with Crippen LogP contribution in [0.15, 0.2) is 28.4 Å². The second-order valence-corrected chi connectivity index (χ2v) is 6.59. The number of thiophene rings is 1. The summed E-state index contributed by atoms with van der Waals surface area (Å²) in [6, 6.07) is 2.12. The molecule has 6 nitrogen and oxygen atoms in total. The molecule has 1 aliphatic heterocycles. The molecule has 4 rings (SSSR count). The summed E-state index contributed by atoms with van der Waals surface area (Å²) in [6.07, 6.45) is 6.54. The highest BCUT2D eigenvalue weighted by Crippen LogP contribution is 2.28. The highest BCUT2D eigenvalue weighted by molar-refractivity contribution is 7.13. The number of aromatic nitrogens is 4. The number of ether oxygens (including phenoxy) is 1. The molecule has 4 heterocycles. The van der Waals surface area contributed by atoms with Gasteiger partial charge in [0.05, 0.1) is 4.88 Å². The fourth-order valence-corrected chi connectivity index (χ4v) is 3.73. The van der Waals surface area contributed by atoms with Gasteiger partial charge in [-0.15, -0.1) is 11.3 Å². The zero-order chi connectivity index (χ0) is 15.6. The van der Waals surface area contributed by atoms with Gasteiger partial charge in [-0.1, -0.05) is 5.16 Å². The average molecular weight is 330 g/mol. The van der Waals surface area contributed by atoms with Gasteiger partial charge in [0.15, 0.2) is 5.82 Å². The van der Waals surface area contributed by atoms with Gasteiger partial charge in [0.2, 0.25) is 0 Å². The molecule has 0 aliphatic carbocycles. The highest BCUT2D eigenvalue weighted by Gasteiger charge is 2.23. The van der Waals surface area contributed by atoms with Crippen LogP contribution in [0.25, 0.3) is 10.7 Å². The number of nitrogens with zero attached hydrogens (tertiary/aromatic N) is 4. The van der Waals surface area contributed by atoms with Crippen LogP contribution < -0.4 is 0 Å². The third kappa shape index (κ3) is 2.94. The molecule has 3 aromatic rings. The van der Waals surface area contributed by atoms with Crippen LogP contribution in [0.1, 0.15) is 36.2 Å². The lowest BCUT2D eigenvalue weighted by Gasteiger charge is -2.05. The molecule has 0 N–H and O–H groups in total. The summed E-state index contributed by atoms with van der Waals surface area (Å²) in [6.45, 7) is 3.66. The molecule has 0 saturated carbocycles. The molecule has 1 fully saturated rings. The van der Waals surface area contributed by atoms with E-state index < -0.39 is 0 Å². The summed E-state index contributed by atoms with van der Waals surface area (Å²) >= 11 is 1.71. The molecule has 1 aliphatic rings. The standard InChI is InChI=1S/C16H18N4O2S/c1-11-5-10-23-14(11)15-17-6-8-20(15)7-4-13-18-16(22-19-13)12-3-2-9-21-12/h5-6,8,10,12H,2-4,7,9H2,1H3. The molecular formula is C16H18N4O2S. The van der Waals surface area contributed by atoms with E-state index in [9.17, 15) is 0 Å². The van der Waals surface area contributed by atoms with Crippen molar-refractivity contribution in [2.75, 3.05) is 6.61 Å². The summed E-state index contributed by atoms with van der Waals surface area (Å²) in [5, 5.41) is 6.17. The molecule has 3 aromatic heterocycles. The van der Waals surface area contributed by atoms with Crippen molar-refractivity contribution in [1.29, 1.82) is 0 Å². The van der Waals surface area contributed by atoms with Crippen molar-refractivity contribution in [3.8, 4) is 10.7 Å². The van der Waals surface area contributed by atoms with Crippen LogP contribution in [0.5, 0.6) is 0 Å². The minimum atomic E-state index is -0.0196. The van der Waals surface area contributed by atoms with E-state index >= 15 is 0 Å². The molecule has 0 spiro atoms. The van der Waals surface area contributed by atoms with Gasteiger partial charge in [-0.25, -0.2) is 4.98 Å². The summed E-state index contributed by atoms with van der Waals surface area (Å²) in [7, 11) is 0. The smallest absolute Gasteiger partial charge is 0.255 e. The molecule has 120 valence electrons. The number of aryl methyl sites for hydroxylation is 3. The maximum atomic E-state index is 5.57. The van der Waals surface area contributed by atoms with Crippen LogP contribution in [0.4, 0.5) is 0 Å². The number of rotatable bonds is 5. The summed E-state index contributed by atoms with van der Waals surface area (Å²) in [4.78, 5) is 10.2. The van der Waals surface area contributed by atoms with Crippen molar-refractivity contribution in [2.24, 2.45) is 0 Å². The first kappa shape index (κ1) is 14.6. The first-order valence-corrected chi connectivity index (χ1v) is 8.69. The molecule has 0 radical (unpaired) electrons. The van der Waals surface area contributed by atoms with Gasteiger partial charge in [-0.3, -0.25) is 0 Å². The first-order chi connectivity index (χ1) is 11.3. The second kappa shape index (κ2) is 6.25. The Labute approximate surface area is 138 Å². The average Bonchev–Trinajstić information content (AvgIpc) is 3.32. The van der Waals surface area contributed by atoms with Gasteiger partial charge in [0.1, 0.15) is 11.9 Å². The molecule has 23 heavy (non-hydrogen) atoms. The third-order valence-corrected chi connectivity index (χ3v) is 5.06. The van der Waals surface area contributed by atoms with Crippen molar-refractivity contribution >= 4 is 11.3 Å². The molecule has 1 saturated heterocycles. The molecule has 1 atom stereocenters. The molecule has 0 amide bonds. The zero-order valence-electron chi connectivity index (χ0n) is 12.9. The zero-order valence-corrected chi connectivity index (χ0v) is 13.8. The fourth-order valence-electron chi connectivity index (χ4n) is 2.79. The van der Waals surface area contributed by atoms with Crippen LogP contribution in [-0.4, -0.2) is 26.3 Å². The van der Waals surface area contributed by atoms with Crippen molar-refractivity contribution < 1.29 is 9.26 Å². The second-order valence-electron chi connectivity index (χ2n) is 5.68. The Morgan fingerprint density at radius 1 is 1.43 bits per heavy atom. The van der Waals surface area contributed by atoms with Crippen molar-refractivity contribution in [3.05, 3.63) is 41.1 Å². The predicted molar refractivity (Wildman–Crippen MR) is 86.2 cm³/mol. The van der Waals surface area contributed by atoms with Crippen LogP contribution in [0.2, 0.25) is 0 Å². The van der Waals surface area contributed by atoms with Crippen LogP contribution in [-0.2, 0) is 17.7 Å². The summed E-state index contributed by atoms with van der Waals surface area (Å²) in [5.74, 6) is 2.33. The Kier molecular flexibility index (Phi) is 3.97. The molecule has 7 heteroatoms. The highest BCUT2D eigenvalue weighted by atomic mass is 32.1. The number of hydrogen-bond donors (Lipinski definition) is 0. The summed E-state index contributed by atoms with van der Waals surface area (Å²) < 4.78 is 13.0. The van der Waals surface area contributed by atoms with E-state index in [0.717, 1.165) is 37.6 Å². The quantitative estimate of drug-likeness (QED) is 0.717. The van der Waals surface area contributed by atoms with Gasteiger partial charge in [0.25, 0.3) is 5.89 Å². The van der Waals surface area contributed by atoms with E-state index in [4.69, 9.17) is 9.26 Å². The van der Waals surface area contributed by atoms with E-state index in [2.05, 4.69) is 38.1 Å². The van der Waals surface area contributed by atoms with E-state index in [1.807, 2.05) is 12.4 Å². The van der Waals surface area contributed by atoms with Crippen LogP contribution >= 0.6 is 11.3 Å². The predicted octanol–water partition coefficient (Wildman–Crippen LogP) is 3.40. The van der Waals surface area contributed by atoms with E-state index in [1.54, 1.807) is 11.3 Å². The van der Waals surface area contributed by atoms with Crippen molar-refractivity contribution in [1.82, 2.24) is 19.7 Å². The van der Waals surface area contributed by atoms with Gasteiger partial charge >= 0.3 is 0 Å². The van der Waals surface area contributed by atoms with Gasteiger partial charge in [-0.05, 0) is 36.8 Å². The minimum Gasteiger partial charge on any atom is -0.368 e. The largest absolute Gasteiger partial charge is 0.368 e. The Balaban J connectivity index is 1.46. The SMILES string of the molecule is Cc1ccsc1-c1nccn1CCc1noc(C2CCCO2)n1. The number of hydrogen-bond acceptors (Lipinski definition) is 6. The lowest BCUT2D eigenvalue weighted by molar-refractivity contribution is 0.0835. The monoisotopic (exact) mass is 330 g/mol. The topological polar surface area (TPSA) is 66.0 Å². The van der Waals surface area contributed by atoms with E-state index in [1.165, 1.54) is 10.4 Å².